The van der Waals surface area contributed by atoms with Crippen molar-refractivity contribution in [2.24, 2.45) is 0 Å². The SMILES string of the molecule is O=c1n(Cc2ccc(-c3nnc(C(F)(F)F)o3)cn2)c2cc(F)c(Br)cc2n1C1CCN(CC(F)(F)C(F)F)CC1. The van der Waals surface area contributed by atoms with Crippen LogP contribution < -0.4 is 5.69 Å². The summed E-state index contributed by atoms with van der Waals surface area (Å²) in [5, 5.41) is 6.33. The predicted octanol–water partition coefficient (Wildman–Crippen LogP) is 5.75. The van der Waals surface area contributed by atoms with Crippen molar-refractivity contribution in [2.75, 3.05) is 19.6 Å². The summed E-state index contributed by atoms with van der Waals surface area (Å²) < 4.78 is 113. The number of piperidine rings is 1. The van der Waals surface area contributed by atoms with E-state index in [1.54, 1.807) is 0 Å². The molecule has 1 aromatic carbocycles. The summed E-state index contributed by atoms with van der Waals surface area (Å²) in [4.78, 5) is 19.0. The highest BCUT2D eigenvalue weighted by Gasteiger charge is 2.43. The van der Waals surface area contributed by atoms with Crippen LogP contribution in [0.25, 0.3) is 22.5 Å². The molecule has 1 fully saturated rings. The van der Waals surface area contributed by atoms with Crippen molar-refractivity contribution in [3.05, 3.63) is 62.8 Å². The van der Waals surface area contributed by atoms with E-state index in [1.165, 1.54) is 38.4 Å². The molecule has 3 aromatic heterocycles. The topological polar surface area (TPSA) is 82.0 Å². The third kappa shape index (κ3) is 5.86. The molecule has 41 heavy (non-hydrogen) atoms. The number of benzene rings is 1. The van der Waals surface area contributed by atoms with Gasteiger partial charge in [-0.1, -0.05) is 0 Å². The molecule has 4 heterocycles. The Balaban J connectivity index is 1.41. The summed E-state index contributed by atoms with van der Waals surface area (Å²) >= 11 is 3.11. The Morgan fingerprint density at radius 3 is 2.34 bits per heavy atom. The Hall–Kier alpha value is -3.34. The van der Waals surface area contributed by atoms with Crippen molar-refractivity contribution in [3.63, 3.8) is 0 Å². The molecule has 0 amide bonds. The van der Waals surface area contributed by atoms with Crippen LogP contribution in [0, 0.1) is 5.82 Å². The monoisotopic (exact) mass is 654 g/mol. The van der Waals surface area contributed by atoms with Gasteiger partial charge in [0.25, 0.3) is 0 Å². The molecular formula is C24H19BrF8N6O2. The van der Waals surface area contributed by atoms with Crippen LogP contribution in [-0.4, -0.2) is 61.2 Å². The van der Waals surface area contributed by atoms with Crippen molar-refractivity contribution >= 4 is 27.0 Å². The second-order valence-corrected chi connectivity index (χ2v) is 10.4. The van der Waals surface area contributed by atoms with Crippen molar-refractivity contribution in [1.82, 2.24) is 29.2 Å². The van der Waals surface area contributed by atoms with Crippen molar-refractivity contribution < 1.29 is 39.5 Å². The third-order valence-electron chi connectivity index (χ3n) is 6.74. The minimum Gasteiger partial charge on any atom is -0.413 e. The zero-order chi connectivity index (χ0) is 29.7. The molecule has 220 valence electrons. The minimum atomic E-state index is -4.81. The maximum atomic E-state index is 14.5. The lowest BCUT2D eigenvalue weighted by Gasteiger charge is -2.34. The fourth-order valence-corrected chi connectivity index (χ4v) is 5.07. The number of alkyl halides is 7. The van der Waals surface area contributed by atoms with Gasteiger partial charge in [-0.15, -0.1) is 10.2 Å². The quantitative estimate of drug-likeness (QED) is 0.236. The van der Waals surface area contributed by atoms with Crippen LogP contribution in [-0.2, 0) is 12.7 Å². The van der Waals surface area contributed by atoms with Gasteiger partial charge < -0.3 is 4.42 Å². The predicted molar refractivity (Wildman–Crippen MR) is 131 cm³/mol. The summed E-state index contributed by atoms with van der Waals surface area (Å²) in [5.74, 6) is -6.73. The standard InChI is InChI=1S/C24H19BrF8N6O2/c25-15-7-18-17(8-16(15)26)38(10-13-2-1-12(9-34-13)19-35-36-21(41-19)24(31,32)33)22(40)39(18)14-3-5-37(6-4-14)11-23(29,30)20(27)28/h1-2,7-9,14,20H,3-6,10-11H2. The first-order valence-corrected chi connectivity index (χ1v) is 12.9. The van der Waals surface area contributed by atoms with Gasteiger partial charge in [0.1, 0.15) is 5.82 Å². The molecule has 1 aliphatic rings. The highest BCUT2D eigenvalue weighted by atomic mass is 79.9. The lowest BCUT2D eigenvalue weighted by atomic mass is 10.0. The minimum absolute atomic E-state index is 0.0448. The smallest absolute Gasteiger partial charge is 0.413 e. The van der Waals surface area contributed by atoms with Gasteiger partial charge in [0.05, 0.1) is 39.9 Å². The highest BCUT2D eigenvalue weighted by molar-refractivity contribution is 9.10. The Kier molecular flexibility index (Phi) is 7.69. The van der Waals surface area contributed by atoms with Crippen LogP contribution >= 0.6 is 15.9 Å². The van der Waals surface area contributed by atoms with Crippen LogP contribution in [0.4, 0.5) is 35.1 Å². The lowest BCUT2D eigenvalue weighted by Crippen LogP contribution is -2.46. The largest absolute Gasteiger partial charge is 0.470 e. The van der Waals surface area contributed by atoms with Crippen LogP contribution in [0.5, 0.6) is 0 Å². The molecule has 17 heteroatoms. The number of imidazole rings is 1. The molecule has 0 spiro atoms. The summed E-state index contributed by atoms with van der Waals surface area (Å²) in [6.45, 7) is -1.15. The molecule has 0 atom stereocenters. The molecule has 5 rings (SSSR count). The summed E-state index contributed by atoms with van der Waals surface area (Å²) in [6, 6.07) is 4.91. The molecule has 0 bridgehead atoms. The second kappa shape index (κ2) is 10.8. The van der Waals surface area contributed by atoms with E-state index in [2.05, 4.69) is 35.5 Å². The first kappa shape index (κ1) is 29.2. The van der Waals surface area contributed by atoms with E-state index in [0.717, 1.165) is 6.07 Å². The van der Waals surface area contributed by atoms with Gasteiger partial charge in [-0.2, -0.15) is 22.0 Å². The molecule has 0 N–H and O–H groups in total. The Labute approximate surface area is 233 Å². The maximum Gasteiger partial charge on any atom is 0.470 e. The first-order chi connectivity index (χ1) is 19.2. The van der Waals surface area contributed by atoms with Crippen LogP contribution in [0.3, 0.4) is 0 Å². The van der Waals surface area contributed by atoms with E-state index in [4.69, 9.17) is 0 Å². The number of hydrogen-bond donors (Lipinski definition) is 0. The summed E-state index contributed by atoms with van der Waals surface area (Å²) in [7, 11) is 0. The number of rotatable bonds is 7. The van der Waals surface area contributed by atoms with Crippen LogP contribution in [0.15, 0.2) is 44.1 Å². The Bertz CT molecular complexity index is 1610. The number of halogens is 9. The van der Waals surface area contributed by atoms with E-state index in [9.17, 15) is 39.9 Å². The average Bonchev–Trinajstić information content (AvgIpc) is 3.50. The molecule has 1 aliphatic heterocycles. The normalized spacial score (nSPS) is 15.9. The van der Waals surface area contributed by atoms with Gasteiger partial charge in [0.2, 0.25) is 5.89 Å². The van der Waals surface area contributed by atoms with Crippen LogP contribution in [0.2, 0.25) is 0 Å². The lowest BCUT2D eigenvalue weighted by molar-refractivity contribution is -0.156. The highest BCUT2D eigenvalue weighted by Crippen LogP contribution is 2.32. The maximum absolute atomic E-state index is 14.5. The van der Waals surface area contributed by atoms with Crippen molar-refractivity contribution in [3.8, 4) is 11.5 Å². The zero-order valence-electron chi connectivity index (χ0n) is 20.7. The van der Waals surface area contributed by atoms with Gasteiger partial charge in [-0.25, -0.2) is 18.0 Å². The van der Waals surface area contributed by atoms with Gasteiger partial charge in [-0.3, -0.25) is 19.0 Å². The molecule has 0 aliphatic carbocycles. The molecule has 1 saturated heterocycles. The van der Waals surface area contributed by atoms with Gasteiger partial charge in [-0.05, 0) is 47.0 Å². The Morgan fingerprint density at radius 1 is 1.05 bits per heavy atom. The van der Waals surface area contributed by atoms with E-state index in [-0.39, 0.29) is 48.0 Å². The Morgan fingerprint density at radius 2 is 1.76 bits per heavy atom. The number of hydrogen-bond acceptors (Lipinski definition) is 6. The third-order valence-corrected chi connectivity index (χ3v) is 7.35. The number of nitrogens with zero attached hydrogens (tertiary/aromatic N) is 6. The molecule has 8 nitrogen and oxygen atoms in total. The van der Waals surface area contributed by atoms with E-state index < -0.39 is 54.4 Å². The average molecular weight is 655 g/mol. The first-order valence-electron chi connectivity index (χ1n) is 12.1. The van der Waals surface area contributed by atoms with Crippen molar-refractivity contribution in [2.45, 2.75) is 44.0 Å². The van der Waals surface area contributed by atoms with E-state index in [1.807, 2.05) is 0 Å². The number of fused-ring (bicyclic) bond motifs is 1. The van der Waals surface area contributed by atoms with Gasteiger partial charge >= 0.3 is 30.1 Å². The summed E-state index contributed by atoms with van der Waals surface area (Å²) in [6.07, 6.45) is -6.99. The van der Waals surface area contributed by atoms with Crippen molar-refractivity contribution in [1.29, 1.82) is 0 Å². The molecule has 0 unspecified atom stereocenters. The fourth-order valence-electron chi connectivity index (χ4n) is 4.74. The second-order valence-electron chi connectivity index (χ2n) is 9.51. The molecule has 0 saturated carbocycles. The van der Waals surface area contributed by atoms with E-state index >= 15 is 0 Å². The van der Waals surface area contributed by atoms with E-state index in [0.29, 0.717) is 11.2 Å². The fraction of sp³-hybridized carbons (Fsp3) is 0.417. The molecule has 0 radical (unpaired) electrons. The number of likely N-dealkylation sites (tertiary alicyclic amines) is 1. The van der Waals surface area contributed by atoms with Gasteiger partial charge in [0, 0.05) is 31.4 Å². The summed E-state index contributed by atoms with van der Waals surface area (Å²) in [5.41, 5.74) is 0.455. The van der Waals surface area contributed by atoms with Crippen LogP contribution in [0.1, 0.15) is 30.5 Å². The molecule has 4 aromatic rings. The number of pyridine rings is 1. The number of aromatic nitrogens is 5. The van der Waals surface area contributed by atoms with Gasteiger partial charge in [0.15, 0.2) is 0 Å². The zero-order valence-corrected chi connectivity index (χ0v) is 22.3. The molecular weight excluding hydrogens is 636 g/mol.